The van der Waals surface area contributed by atoms with Gasteiger partial charge in [-0.2, -0.15) is 5.10 Å². The second-order valence-electron chi connectivity index (χ2n) is 21.7. The summed E-state index contributed by atoms with van der Waals surface area (Å²) in [5.41, 5.74) is 12.8. The summed E-state index contributed by atoms with van der Waals surface area (Å²) in [7, 11) is 0. The highest BCUT2D eigenvalue weighted by atomic mass is 32.1. The molecule has 3 aliphatic heterocycles. The fourth-order valence-corrected chi connectivity index (χ4v) is 12.4. The summed E-state index contributed by atoms with van der Waals surface area (Å²) in [6, 6.07) is 9.58. The van der Waals surface area contributed by atoms with Crippen molar-refractivity contribution in [2.24, 2.45) is 17.8 Å². The second kappa shape index (κ2) is 22.8. The highest BCUT2D eigenvalue weighted by Crippen LogP contribution is 2.37. The number of rotatable bonds is 15. The minimum absolute atomic E-state index is 0.0938. The molecule has 10 rings (SSSR count). The van der Waals surface area contributed by atoms with Crippen LogP contribution in [0.5, 0.6) is 5.75 Å². The molecule has 75 heavy (non-hydrogen) atoms. The molecule has 17 nitrogen and oxygen atoms in total. The number of carbonyl (C=O) groups excluding carboxylic acids is 2. The standard InChI is InChI=1S/C57H71N11O6S/c1-34(2)53(57(72)67-32-43(69)26-49(67)56(71)61-36(4)40-12-14-41(15-13-40)54-37(5)59-33-75-54)51-28-52(64-74-51)66-22-16-38(17-23-66)30-65-20-18-44(19-21-65)73-45-24-39(25-45)11-10-35(3)68-31-42(29-60-68)47-27-48(62-63-55(47)58)46-8-6-7-9-50(46)70/h6-9,12-14,27-29,31,33-36,38-39,41,43-45,49,53,69-70H,15-26,30,32H2,1-5H3,(H2,58,63)(H,61,71)/t35-,36+,39?,41?,43-,45?,49+,53-/m1/s1. The quantitative estimate of drug-likeness (QED) is 0.0742. The van der Waals surface area contributed by atoms with E-state index in [1.165, 1.54) is 4.88 Å². The Hall–Kier alpha value is -6.39. The van der Waals surface area contributed by atoms with Gasteiger partial charge < -0.3 is 45.2 Å². The first-order valence-corrected chi connectivity index (χ1v) is 27.8. The maximum atomic E-state index is 14.4. The van der Waals surface area contributed by atoms with Crippen molar-refractivity contribution in [1.82, 2.24) is 45.2 Å². The number of β-amino-alcohol motifs (C(OH)–C–C–N with tert-alkyl or cyclic N) is 1. The summed E-state index contributed by atoms with van der Waals surface area (Å²) >= 11 is 1.67. The Morgan fingerprint density at radius 1 is 1.00 bits per heavy atom. The molecule has 396 valence electrons. The number of nitrogens with one attached hydrogen (secondary N) is 1. The number of aromatic hydroxyl groups is 1. The molecule has 7 heterocycles. The van der Waals surface area contributed by atoms with Gasteiger partial charge in [-0.3, -0.25) is 14.3 Å². The number of benzene rings is 1. The van der Waals surface area contributed by atoms with Gasteiger partial charge in [0.05, 0.1) is 47.4 Å². The van der Waals surface area contributed by atoms with Crippen LogP contribution in [0.3, 0.4) is 0 Å². The number of hydrogen-bond donors (Lipinski definition) is 4. The fourth-order valence-electron chi connectivity index (χ4n) is 11.5. The van der Waals surface area contributed by atoms with E-state index in [9.17, 15) is 19.8 Å². The first kappa shape index (κ1) is 52.1. The van der Waals surface area contributed by atoms with E-state index in [1.54, 1.807) is 40.6 Å². The zero-order valence-electron chi connectivity index (χ0n) is 43.7. The van der Waals surface area contributed by atoms with Crippen LogP contribution in [0, 0.1) is 36.5 Å². The number of nitrogens with two attached hydrogens (primary N) is 1. The Morgan fingerprint density at radius 2 is 1.79 bits per heavy atom. The number of para-hydroxylation sites is 1. The van der Waals surface area contributed by atoms with Crippen LogP contribution < -0.4 is 16.0 Å². The number of thiazole rings is 1. The van der Waals surface area contributed by atoms with Gasteiger partial charge in [0.25, 0.3) is 0 Å². The second-order valence-corrected chi connectivity index (χ2v) is 22.6. The molecule has 4 fully saturated rings. The summed E-state index contributed by atoms with van der Waals surface area (Å²) in [6.45, 7) is 15.0. The van der Waals surface area contributed by atoms with Crippen LogP contribution in [0.15, 0.2) is 82.6 Å². The van der Waals surface area contributed by atoms with Crippen LogP contribution in [0.1, 0.15) is 113 Å². The molecule has 1 aromatic carbocycles. The number of aliphatic hydroxyl groups is 1. The number of phenols is 1. The van der Waals surface area contributed by atoms with E-state index in [2.05, 4.69) is 70.6 Å². The number of piperidine rings is 2. The summed E-state index contributed by atoms with van der Waals surface area (Å²) in [4.78, 5) is 40.3. The molecule has 4 aromatic heterocycles. The van der Waals surface area contributed by atoms with E-state index >= 15 is 0 Å². The van der Waals surface area contributed by atoms with Crippen molar-refractivity contribution in [2.75, 3.05) is 49.9 Å². The maximum Gasteiger partial charge on any atom is 0.243 e. The molecule has 0 radical (unpaired) electrons. The number of aliphatic hydroxyl groups excluding tert-OH is 1. The van der Waals surface area contributed by atoms with Gasteiger partial charge in [-0.25, -0.2) is 4.98 Å². The van der Waals surface area contributed by atoms with Gasteiger partial charge in [-0.15, -0.1) is 21.5 Å². The lowest BCUT2D eigenvalue weighted by Gasteiger charge is -2.40. The zero-order valence-corrected chi connectivity index (χ0v) is 44.5. The van der Waals surface area contributed by atoms with Gasteiger partial charge >= 0.3 is 0 Å². The molecule has 0 bridgehead atoms. The van der Waals surface area contributed by atoms with Gasteiger partial charge in [0.2, 0.25) is 11.8 Å². The third-order valence-electron chi connectivity index (χ3n) is 16.0. The molecule has 2 aliphatic carbocycles. The van der Waals surface area contributed by atoms with Crippen LogP contribution in [0.4, 0.5) is 11.6 Å². The van der Waals surface area contributed by atoms with E-state index in [1.807, 2.05) is 69.2 Å². The number of aromatic nitrogens is 6. The lowest BCUT2D eigenvalue weighted by molar-refractivity contribution is -0.141. The molecule has 5 N–H and O–H groups in total. The van der Waals surface area contributed by atoms with Crippen molar-refractivity contribution in [3.05, 3.63) is 94.4 Å². The first-order chi connectivity index (χ1) is 36.2. The van der Waals surface area contributed by atoms with E-state index in [0.717, 1.165) is 100 Å². The minimum Gasteiger partial charge on any atom is -0.507 e. The number of carbonyl (C=O) groups is 2. The van der Waals surface area contributed by atoms with Gasteiger partial charge in [0.15, 0.2) is 17.4 Å². The molecule has 3 saturated heterocycles. The van der Waals surface area contributed by atoms with E-state index in [-0.39, 0.29) is 72.5 Å². The van der Waals surface area contributed by atoms with Crippen molar-refractivity contribution >= 4 is 34.8 Å². The lowest BCUT2D eigenvalue weighted by Crippen LogP contribution is -2.50. The van der Waals surface area contributed by atoms with Gasteiger partial charge in [-0.1, -0.05) is 61.2 Å². The number of amides is 2. The monoisotopic (exact) mass is 1040 g/mol. The maximum absolute atomic E-state index is 14.4. The molecule has 1 saturated carbocycles. The predicted molar refractivity (Wildman–Crippen MR) is 288 cm³/mol. The topological polar surface area (TPSA) is 214 Å². The molecule has 18 heteroatoms. The summed E-state index contributed by atoms with van der Waals surface area (Å²) < 4.78 is 14.4. The number of likely N-dealkylation sites (tertiary alicyclic amines) is 2. The number of aryl methyl sites for hydroxylation is 1. The molecule has 5 aliphatic rings. The van der Waals surface area contributed by atoms with Gasteiger partial charge in [0, 0.05) is 91.4 Å². The van der Waals surface area contributed by atoms with Crippen molar-refractivity contribution in [1.29, 1.82) is 0 Å². The summed E-state index contributed by atoms with van der Waals surface area (Å²) in [6.07, 6.45) is 17.0. The number of anilines is 2. The Morgan fingerprint density at radius 3 is 2.51 bits per heavy atom. The third kappa shape index (κ3) is 11.9. The van der Waals surface area contributed by atoms with Gasteiger partial charge in [-0.05, 0) is 101 Å². The average Bonchev–Trinajstić information content (AvgIpc) is 4.24. The zero-order chi connectivity index (χ0) is 52.3. The molecular weight excluding hydrogens is 967 g/mol. The van der Waals surface area contributed by atoms with Crippen molar-refractivity contribution < 1.29 is 29.1 Å². The summed E-state index contributed by atoms with van der Waals surface area (Å²) in [5.74, 6) is 8.44. The van der Waals surface area contributed by atoms with E-state index < -0.39 is 18.1 Å². The average molecular weight is 1040 g/mol. The van der Waals surface area contributed by atoms with Crippen molar-refractivity contribution in [2.45, 2.75) is 134 Å². The molecule has 6 atom stereocenters. The SMILES string of the molecule is Cc1ncsc1C1C=CC([C@H](C)NC(=O)[C@@H]2C[C@@H](O)CN2C(=O)[C@@H](c2cc(N3CCC(CN4CCC(OC5CC(C#C[C@@H](C)n6cc(-c7cc(-c8ccccc8O)nnc7N)cn6)C5)CC4)CC3)no2)C(C)C)=CC1. The van der Waals surface area contributed by atoms with Crippen LogP contribution in [-0.2, 0) is 14.3 Å². The largest absolute Gasteiger partial charge is 0.507 e. The molecule has 1 unspecified atom stereocenters. The van der Waals surface area contributed by atoms with Crippen LogP contribution >= 0.6 is 11.3 Å². The van der Waals surface area contributed by atoms with Crippen molar-refractivity contribution in [3.8, 4) is 40.0 Å². The van der Waals surface area contributed by atoms with Crippen LogP contribution in [0.2, 0.25) is 0 Å². The lowest BCUT2D eigenvalue weighted by atomic mass is 9.82. The Balaban J connectivity index is 0.640. The number of hydrogen-bond acceptors (Lipinski definition) is 15. The predicted octanol–water partition coefficient (Wildman–Crippen LogP) is 7.66. The van der Waals surface area contributed by atoms with E-state index in [4.69, 9.17) is 15.0 Å². The molecular formula is C57H71N11O6S. The molecule has 2 amide bonds. The van der Waals surface area contributed by atoms with E-state index in [0.29, 0.717) is 34.4 Å². The highest BCUT2D eigenvalue weighted by Gasteiger charge is 2.44. The molecule has 0 spiro atoms. The smallest absolute Gasteiger partial charge is 0.243 e. The highest BCUT2D eigenvalue weighted by molar-refractivity contribution is 7.09. The first-order valence-electron chi connectivity index (χ1n) is 26.9. The molecule has 5 aromatic rings. The Labute approximate surface area is 443 Å². The normalized spacial score (nSPS) is 23.8. The minimum atomic E-state index is -0.792. The number of allylic oxidation sites excluding steroid dienone is 2. The fraction of sp³-hybridized carbons (Fsp3) is 0.526. The van der Waals surface area contributed by atoms with Crippen LogP contribution in [-0.4, -0.2) is 132 Å². The van der Waals surface area contributed by atoms with Gasteiger partial charge in [0.1, 0.15) is 23.8 Å². The van der Waals surface area contributed by atoms with Crippen molar-refractivity contribution in [3.63, 3.8) is 0 Å². The number of phenolic OH excluding ortho intramolecular Hbond substituents is 1. The number of nitrogen functional groups attached to an aromatic ring is 1. The summed E-state index contributed by atoms with van der Waals surface area (Å²) in [5, 5.41) is 41.6. The third-order valence-corrected chi connectivity index (χ3v) is 17.1. The Bertz CT molecular complexity index is 2930. The number of nitrogens with zero attached hydrogens (tertiary/aromatic N) is 9. The number of ether oxygens (including phenoxy) is 1. The Kier molecular flexibility index (Phi) is 15.9. The van der Waals surface area contributed by atoms with Crippen LogP contribution in [0.25, 0.3) is 22.4 Å².